The highest BCUT2D eigenvalue weighted by molar-refractivity contribution is 6.18. The van der Waals surface area contributed by atoms with Crippen LogP contribution >= 0.6 is 0 Å². The van der Waals surface area contributed by atoms with Gasteiger partial charge >= 0.3 is 0 Å². The van der Waals surface area contributed by atoms with Gasteiger partial charge in [0.1, 0.15) is 0 Å². The first kappa shape index (κ1) is 26.8. The zero-order chi connectivity index (χ0) is 31.6. The van der Waals surface area contributed by atoms with E-state index in [1.807, 2.05) is 6.07 Å². The lowest BCUT2D eigenvalue weighted by molar-refractivity contribution is 1.36. The Hall–Kier alpha value is -6.38. The Bertz CT molecular complexity index is 2700. The number of nitrogens with zero attached hydrogens (tertiary/aromatic N) is 2. The highest BCUT2D eigenvalue weighted by atomic mass is 14.8. The van der Waals surface area contributed by atoms with Crippen LogP contribution in [0.15, 0.2) is 170 Å². The third-order valence-electron chi connectivity index (χ3n) is 9.80. The van der Waals surface area contributed by atoms with E-state index in [1.165, 1.54) is 49.7 Å². The SMILES string of the molecule is c1ccc(-c2ccc3ccc4ccc(-c5cccc(-c6cccc(-c7ccc8c9c(cccc79)-c7ccccc7-8)c6)c5)nc4c3n2)cc1. The summed E-state index contributed by atoms with van der Waals surface area (Å²) < 4.78 is 0. The number of hydrogen-bond acceptors (Lipinski definition) is 2. The summed E-state index contributed by atoms with van der Waals surface area (Å²) in [6.45, 7) is 0. The minimum atomic E-state index is 0.921. The molecule has 0 saturated heterocycles. The van der Waals surface area contributed by atoms with Crippen LogP contribution < -0.4 is 0 Å². The predicted molar refractivity (Wildman–Crippen MR) is 201 cm³/mol. The molecule has 0 spiro atoms. The highest BCUT2D eigenvalue weighted by Gasteiger charge is 2.22. The summed E-state index contributed by atoms with van der Waals surface area (Å²) in [5.41, 5.74) is 16.0. The Morgan fingerprint density at radius 3 is 1.48 bits per heavy atom. The smallest absolute Gasteiger partial charge is 0.0972 e. The van der Waals surface area contributed by atoms with Crippen LogP contribution in [0.5, 0.6) is 0 Å². The van der Waals surface area contributed by atoms with Gasteiger partial charge in [0.2, 0.25) is 0 Å². The molecule has 9 aromatic rings. The van der Waals surface area contributed by atoms with Crippen LogP contribution in [-0.4, -0.2) is 9.97 Å². The molecule has 0 unspecified atom stereocenters. The number of fused-ring (bicyclic) bond motifs is 6. The summed E-state index contributed by atoms with van der Waals surface area (Å²) in [5.74, 6) is 0. The van der Waals surface area contributed by atoms with Crippen molar-refractivity contribution < 1.29 is 0 Å². The molecule has 1 aliphatic carbocycles. The second kappa shape index (κ2) is 10.6. The van der Waals surface area contributed by atoms with E-state index in [4.69, 9.17) is 9.97 Å². The minimum Gasteiger partial charge on any atom is -0.245 e. The van der Waals surface area contributed by atoms with E-state index in [0.717, 1.165) is 49.9 Å². The molecule has 0 N–H and O–H groups in total. The van der Waals surface area contributed by atoms with Gasteiger partial charge in [0.25, 0.3) is 0 Å². The lowest BCUT2D eigenvalue weighted by Gasteiger charge is -2.12. The molecule has 2 nitrogen and oxygen atoms in total. The van der Waals surface area contributed by atoms with Crippen LogP contribution in [0.2, 0.25) is 0 Å². The van der Waals surface area contributed by atoms with Crippen LogP contribution in [0.4, 0.5) is 0 Å². The zero-order valence-electron chi connectivity index (χ0n) is 26.1. The zero-order valence-corrected chi connectivity index (χ0v) is 26.1. The van der Waals surface area contributed by atoms with Crippen molar-refractivity contribution in [3.8, 4) is 67.0 Å². The van der Waals surface area contributed by atoms with Crippen molar-refractivity contribution in [2.75, 3.05) is 0 Å². The van der Waals surface area contributed by atoms with E-state index in [-0.39, 0.29) is 0 Å². The average Bonchev–Trinajstić information content (AvgIpc) is 3.50. The summed E-state index contributed by atoms with van der Waals surface area (Å²) in [7, 11) is 0. The van der Waals surface area contributed by atoms with Crippen LogP contribution in [0.1, 0.15) is 0 Å². The molecular weight excluding hydrogens is 581 g/mol. The lowest BCUT2D eigenvalue weighted by atomic mass is 9.92. The topological polar surface area (TPSA) is 25.8 Å². The first-order chi connectivity index (χ1) is 23.8. The van der Waals surface area contributed by atoms with Gasteiger partial charge in [-0.1, -0.05) is 146 Å². The van der Waals surface area contributed by atoms with Gasteiger partial charge in [0.05, 0.1) is 22.4 Å². The van der Waals surface area contributed by atoms with E-state index >= 15 is 0 Å². The molecule has 1 aliphatic rings. The third-order valence-corrected chi connectivity index (χ3v) is 9.80. The van der Waals surface area contributed by atoms with E-state index in [1.54, 1.807) is 0 Å². The first-order valence-electron chi connectivity index (χ1n) is 16.4. The first-order valence-corrected chi connectivity index (χ1v) is 16.4. The second-order valence-corrected chi connectivity index (χ2v) is 12.6. The van der Waals surface area contributed by atoms with Crippen molar-refractivity contribution in [3.63, 3.8) is 0 Å². The number of aromatic nitrogens is 2. The van der Waals surface area contributed by atoms with Crippen molar-refractivity contribution in [2.45, 2.75) is 0 Å². The molecule has 222 valence electrons. The van der Waals surface area contributed by atoms with Crippen molar-refractivity contribution in [1.82, 2.24) is 9.97 Å². The highest BCUT2D eigenvalue weighted by Crippen LogP contribution is 2.49. The molecule has 2 heteroatoms. The number of rotatable bonds is 4. The van der Waals surface area contributed by atoms with Gasteiger partial charge in [0.15, 0.2) is 0 Å². The van der Waals surface area contributed by atoms with E-state index in [9.17, 15) is 0 Å². The molecule has 0 atom stereocenters. The quantitative estimate of drug-likeness (QED) is 0.186. The van der Waals surface area contributed by atoms with Crippen molar-refractivity contribution in [3.05, 3.63) is 170 Å². The standard InChI is InChI=1S/C46H28N2/c1-2-9-29(10-3-1)42-25-21-30-19-20-31-22-26-43(48-46(31)45(30)47-42)35-14-7-12-33(28-35)32-11-6-13-34(27-32)36-23-24-41-38-16-5-4-15-37(38)40-18-8-17-39(36)44(40)41/h1-28H. The number of benzene rings is 7. The number of pyridine rings is 2. The summed E-state index contributed by atoms with van der Waals surface area (Å²) in [6.07, 6.45) is 0. The normalized spacial score (nSPS) is 11.8. The summed E-state index contributed by atoms with van der Waals surface area (Å²) in [6, 6.07) is 60.8. The fourth-order valence-corrected chi connectivity index (χ4v) is 7.48. The van der Waals surface area contributed by atoms with Crippen LogP contribution in [-0.2, 0) is 0 Å². The third kappa shape index (κ3) is 4.20. The van der Waals surface area contributed by atoms with Crippen molar-refractivity contribution >= 4 is 32.6 Å². The number of hydrogen-bond donors (Lipinski definition) is 0. The lowest BCUT2D eigenvalue weighted by Crippen LogP contribution is -1.91. The van der Waals surface area contributed by atoms with E-state index in [2.05, 4.69) is 164 Å². The average molecular weight is 609 g/mol. The fourth-order valence-electron chi connectivity index (χ4n) is 7.48. The van der Waals surface area contributed by atoms with Gasteiger partial charge in [-0.05, 0) is 79.5 Å². The molecule has 2 aromatic heterocycles. The van der Waals surface area contributed by atoms with Gasteiger partial charge < -0.3 is 0 Å². The molecule has 0 aliphatic heterocycles. The Labute approximate surface area is 278 Å². The maximum absolute atomic E-state index is 5.22. The molecular formula is C46H28N2. The maximum atomic E-state index is 5.22. The molecule has 10 rings (SSSR count). The Morgan fingerprint density at radius 1 is 0.292 bits per heavy atom. The van der Waals surface area contributed by atoms with Gasteiger partial charge in [-0.3, -0.25) is 0 Å². The van der Waals surface area contributed by atoms with E-state index < -0.39 is 0 Å². The van der Waals surface area contributed by atoms with Crippen LogP contribution in [0.3, 0.4) is 0 Å². The summed E-state index contributed by atoms with van der Waals surface area (Å²) in [4.78, 5) is 10.3. The monoisotopic (exact) mass is 608 g/mol. The van der Waals surface area contributed by atoms with Gasteiger partial charge in [-0.2, -0.15) is 0 Å². The van der Waals surface area contributed by atoms with E-state index in [0.29, 0.717) is 0 Å². The fraction of sp³-hybridized carbons (Fsp3) is 0. The second-order valence-electron chi connectivity index (χ2n) is 12.6. The summed E-state index contributed by atoms with van der Waals surface area (Å²) >= 11 is 0. The van der Waals surface area contributed by atoms with Crippen molar-refractivity contribution in [1.29, 1.82) is 0 Å². The molecule has 48 heavy (non-hydrogen) atoms. The van der Waals surface area contributed by atoms with Gasteiger partial charge in [-0.15, -0.1) is 0 Å². The summed E-state index contributed by atoms with van der Waals surface area (Å²) in [5, 5.41) is 4.82. The maximum Gasteiger partial charge on any atom is 0.0972 e. The molecule has 0 amide bonds. The minimum absolute atomic E-state index is 0.921. The Kier molecular flexibility index (Phi) is 5.91. The molecule has 0 radical (unpaired) electrons. The molecule has 0 bridgehead atoms. The van der Waals surface area contributed by atoms with Gasteiger partial charge in [-0.25, -0.2) is 9.97 Å². The Balaban J connectivity index is 1.05. The molecule has 0 saturated carbocycles. The van der Waals surface area contributed by atoms with Gasteiger partial charge in [0, 0.05) is 21.9 Å². The molecule has 0 fully saturated rings. The Morgan fingerprint density at radius 2 is 0.771 bits per heavy atom. The predicted octanol–water partition coefficient (Wildman–Crippen LogP) is 12.3. The van der Waals surface area contributed by atoms with Crippen LogP contribution in [0.25, 0.3) is 99.6 Å². The van der Waals surface area contributed by atoms with Crippen LogP contribution in [0, 0.1) is 0 Å². The molecule has 7 aromatic carbocycles. The largest absolute Gasteiger partial charge is 0.245 e. The van der Waals surface area contributed by atoms with Crippen molar-refractivity contribution in [2.24, 2.45) is 0 Å². The molecule has 2 heterocycles.